The van der Waals surface area contributed by atoms with Gasteiger partial charge in [-0.15, -0.1) is 0 Å². The molecular formula is C44H55NO8Si. The number of carboxylic acid groups (broad SMARTS) is 1. The van der Waals surface area contributed by atoms with E-state index in [2.05, 4.69) is 76.2 Å². The number of aliphatic hydroxyl groups excluding tert-OH is 1. The first-order valence-corrected chi connectivity index (χ1v) is 21.4. The Hall–Kier alpha value is -4.09. The van der Waals surface area contributed by atoms with E-state index in [0.29, 0.717) is 63.4 Å². The van der Waals surface area contributed by atoms with Crippen LogP contribution in [0.15, 0.2) is 93.9 Å². The van der Waals surface area contributed by atoms with Crippen LogP contribution in [0.2, 0.25) is 5.04 Å². The van der Waals surface area contributed by atoms with Gasteiger partial charge in [-0.05, 0) is 83.3 Å². The molecule has 4 atom stereocenters. The highest BCUT2D eigenvalue weighted by Crippen LogP contribution is 2.50. The van der Waals surface area contributed by atoms with Crippen LogP contribution in [0.25, 0.3) is 6.08 Å². The Kier molecular flexibility index (Phi) is 12.6. The van der Waals surface area contributed by atoms with Crippen molar-refractivity contribution in [1.82, 2.24) is 4.90 Å². The Morgan fingerprint density at radius 1 is 0.926 bits per heavy atom. The zero-order valence-corrected chi connectivity index (χ0v) is 33.1. The van der Waals surface area contributed by atoms with Gasteiger partial charge in [0, 0.05) is 18.9 Å². The third-order valence-corrected chi connectivity index (χ3v) is 16.6. The minimum absolute atomic E-state index is 0.0794. The highest BCUT2D eigenvalue weighted by atomic mass is 28.4. The maximum Gasteiger partial charge on any atom is 0.303 e. The summed E-state index contributed by atoms with van der Waals surface area (Å²) in [5, 5.41) is 20.7. The van der Waals surface area contributed by atoms with Crippen molar-refractivity contribution in [3.05, 3.63) is 101 Å². The van der Waals surface area contributed by atoms with Gasteiger partial charge in [0.2, 0.25) is 11.8 Å². The number of hydrogen-bond donors (Lipinski definition) is 2. The van der Waals surface area contributed by atoms with Crippen LogP contribution >= 0.6 is 0 Å². The SMILES string of the molecule is CC/C(=C\c1ccc(CO)o1)CC[C@H]1OC[C@H]2C1=C(CO[Si](c1ccccc1)(c1ccccc1)C(C)(C)C)C[C@H]1C(=O)N(CCCCCC(=O)O)C(=O)[C@H]12. The minimum atomic E-state index is -2.91. The Bertz CT molecular complexity index is 1800. The number of carboxylic acids is 1. The van der Waals surface area contributed by atoms with Crippen LogP contribution in [0.1, 0.15) is 90.6 Å². The fourth-order valence-electron chi connectivity index (χ4n) is 9.00. The van der Waals surface area contributed by atoms with Gasteiger partial charge in [0.15, 0.2) is 0 Å². The lowest BCUT2D eigenvalue weighted by molar-refractivity contribution is -0.141. The number of hydrogen-bond acceptors (Lipinski definition) is 7. The van der Waals surface area contributed by atoms with Gasteiger partial charge < -0.3 is 23.8 Å². The van der Waals surface area contributed by atoms with Crippen LogP contribution < -0.4 is 10.4 Å². The van der Waals surface area contributed by atoms with Gasteiger partial charge in [-0.3, -0.25) is 19.3 Å². The number of allylic oxidation sites excluding steroid dienone is 1. The number of imide groups is 1. The van der Waals surface area contributed by atoms with E-state index in [-0.39, 0.29) is 41.9 Å². The fourth-order valence-corrected chi connectivity index (χ4v) is 13.5. The Morgan fingerprint density at radius 3 is 2.20 bits per heavy atom. The lowest BCUT2D eigenvalue weighted by Gasteiger charge is -2.44. The largest absolute Gasteiger partial charge is 0.481 e. The normalized spacial score (nSPS) is 21.9. The molecule has 1 aliphatic carbocycles. The third-order valence-electron chi connectivity index (χ3n) is 11.6. The molecule has 0 bridgehead atoms. The first-order chi connectivity index (χ1) is 26.0. The first-order valence-electron chi connectivity index (χ1n) is 19.5. The van der Waals surface area contributed by atoms with Crippen molar-refractivity contribution in [2.24, 2.45) is 17.8 Å². The number of aliphatic carboxylic acids is 1. The van der Waals surface area contributed by atoms with E-state index in [1.807, 2.05) is 24.3 Å². The molecule has 2 aliphatic heterocycles. The van der Waals surface area contributed by atoms with Crippen molar-refractivity contribution < 1.29 is 38.2 Å². The van der Waals surface area contributed by atoms with Gasteiger partial charge in [-0.2, -0.15) is 0 Å². The molecule has 2 N–H and O–H groups in total. The summed E-state index contributed by atoms with van der Waals surface area (Å²) in [5.41, 5.74) is 3.39. The molecule has 2 saturated heterocycles. The van der Waals surface area contributed by atoms with E-state index in [1.54, 1.807) is 6.07 Å². The average molecular weight is 754 g/mol. The summed E-state index contributed by atoms with van der Waals surface area (Å²) < 4.78 is 19.8. The monoisotopic (exact) mass is 753 g/mol. The summed E-state index contributed by atoms with van der Waals surface area (Å²) in [4.78, 5) is 40.6. The molecule has 0 radical (unpaired) electrons. The number of rotatable bonds is 17. The number of furan rings is 1. The Labute approximate surface area is 320 Å². The highest BCUT2D eigenvalue weighted by molar-refractivity contribution is 6.99. The summed E-state index contributed by atoms with van der Waals surface area (Å²) in [6.07, 6.45) is 6.39. The van der Waals surface area contributed by atoms with Gasteiger partial charge in [0.25, 0.3) is 8.32 Å². The number of fused-ring (bicyclic) bond motifs is 3. The number of amides is 2. The second kappa shape index (κ2) is 17.1. The van der Waals surface area contributed by atoms with E-state index in [4.69, 9.17) is 18.7 Å². The number of benzene rings is 2. The number of unbranched alkanes of at least 4 members (excludes halogenated alkanes) is 2. The van der Waals surface area contributed by atoms with Crippen LogP contribution in [0, 0.1) is 17.8 Å². The van der Waals surface area contributed by atoms with Gasteiger partial charge in [-0.25, -0.2) is 0 Å². The summed E-state index contributed by atoms with van der Waals surface area (Å²) in [6.45, 7) is 9.76. The first kappa shape index (κ1) is 39.6. The summed E-state index contributed by atoms with van der Waals surface area (Å²) in [6, 6.07) is 24.7. The van der Waals surface area contributed by atoms with E-state index < -0.39 is 26.1 Å². The molecule has 288 valence electrons. The molecule has 0 spiro atoms. The summed E-state index contributed by atoms with van der Waals surface area (Å²) >= 11 is 0. The van der Waals surface area contributed by atoms with Gasteiger partial charge in [-0.1, -0.05) is 100 Å². The van der Waals surface area contributed by atoms with Crippen molar-refractivity contribution in [2.75, 3.05) is 19.8 Å². The van der Waals surface area contributed by atoms with Crippen molar-refractivity contribution in [1.29, 1.82) is 0 Å². The Morgan fingerprint density at radius 2 is 1.61 bits per heavy atom. The van der Waals surface area contributed by atoms with Crippen LogP contribution in [0.3, 0.4) is 0 Å². The molecule has 2 fully saturated rings. The summed E-state index contributed by atoms with van der Waals surface area (Å²) in [5.74, 6) is -1.04. The lowest BCUT2D eigenvalue weighted by atomic mass is 9.69. The number of ether oxygens (including phenoxy) is 1. The maximum absolute atomic E-state index is 14.1. The van der Waals surface area contributed by atoms with E-state index in [1.165, 1.54) is 20.8 Å². The molecule has 0 unspecified atom stereocenters. The number of nitrogens with zero attached hydrogens (tertiary/aromatic N) is 1. The maximum atomic E-state index is 14.1. The lowest BCUT2D eigenvalue weighted by Crippen LogP contribution is -2.66. The molecule has 3 heterocycles. The second-order valence-electron chi connectivity index (χ2n) is 16.0. The number of carbonyl (C=O) groups excluding carboxylic acids is 2. The Balaban J connectivity index is 1.33. The topological polar surface area (TPSA) is 127 Å². The number of likely N-dealkylation sites (tertiary alicyclic amines) is 1. The zero-order valence-electron chi connectivity index (χ0n) is 32.1. The molecule has 2 aromatic carbocycles. The molecule has 6 rings (SSSR count). The highest BCUT2D eigenvalue weighted by Gasteiger charge is 2.57. The van der Waals surface area contributed by atoms with Gasteiger partial charge >= 0.3 is 5.97 Å². The average Bonchev–Trinajstić information content (AvgIpc) is 3.87. The predicted molar refractivity (Wildman–Crippen MR) is 210 cm³/mol. The predicted octanol–water partition coefficient (Wildman–Crippen LogP) is 6.88. The third kappa shape index (κ3) is 8.12. The minimum Gasteiger partial charge on any atom is -0.481 e. The zero-order chi connectivity index (χ0) is 38.5. The van der Waals surface area contributed by atoms with Crippen LogP contribution in [-0.4, -0.2) is 67.1 Å². The molecule has 0 saturated carbocycles. The van der Waals surface area contributed by atoms with Crippen LogP contribution in [0.5, 0.6) is 0 Å². The van der Waals surface area contributed by atoms with Crippen molar-refractivity contribution in [3.63, 3.8) is 0 Å². The standard InChI is InChI=1S/C44H55NO8Si/c1-5-30(25-32-21-22-33(27-46)53-32)20-23-38-40-31(28-52-54(44(2,3)4,34-15-9-6-10-16-34)35-17-11-7-12-18-35)26-36-41(37(40)29-51-38)43(50)45(42(36)49)24-14-8-13-19-39(47)48/h6-7,9-12,15-18,21-22,25,36-38,41,46H,5,8,13-14,19-20,23-24,26-29H2,1-4H3,(H,47,48)/b30-25+/t36-,37+,38-,41-/m1/s1. The van der Waals surface area contributed by atoms with Crippen molar-refractivity contribution >= 4 is 42.6 Å². The molecule has 3 aromatic rings. The molecule has 2 amide bonds. The van der Waals surface area contributed by atoms with E-state index in [9.17, 15) is 19.5 Å². The molecule has 9 nitrogen and oxygen atoms in total. The number of carbonyl (C=O) groups is 3. The van der Waals surface area contributed by atoms with Crippen molar-refractivity contribution in [2.45, 2.75) is 96.8 Å². The fraction of sp³-hybridized carbons (Fsp3) is 0.477. The van der Waals surface area contributed by atoms with Gasteiger partial charge in [0.1, 0.15) is 18.1 Å². The van der Waals surface area contributed by atoms with E-state index in [0.717, 1.165) is 24.0 Å². The molecule has 10 heteroatoms. The molecule has 3 aliphatic rings. The number of aliphatic hydroxyl groups is 1. The van der Waals surface area contributed by atoms with Gasteiger partial charge in [0.05, 0.1) is 31.2 Å². The quantitative estimate of drug-likeness (QED) is 0.0662. The smallest absolute Gasteiger partial charge is 0.303 e. The van der Waals surface area contributed by atoms with Crippen LogP contribution in [-0.2, 0) is 30.2 Å². The van der Waals surface area contributed by atoms with Crippen molar-refractivity contribution in [3.8, 4) is 0 Å². The second-order valence-corrected chi connectivity index (χ2v) is 20.3. The molecule has 1 aromatic heterocycles. The molecule has 54 heavy (non-hydrogen) atoms. The van der Waals surface area contributed by atoms with E-state index >= 15 is 0 Å². The summed E-state index contributed by atoms with van der Waals surface area (Å²) in [7, 11) is -2.91. The van der Waals surface area contributed by atoms with Crippen LogP contribution in [0.4, 0.5) is 0 Å². The molecular weight excluding hydrogens is 699 g/mol.